The van der Waals surface area contributed by atoms with Crippen LogP contribution in [0.1, 0.15) is 24.2 Å². The third-order valence-electron chi connectivity index (χ3n) is 3.87. The van der Waals surface area contributed by atoms with Gasteiger partial charge >= 0.3 is 0 Å². The minimum atomic E-state index is -1.19. The Morgan fingerprint density at radius 1 is 1.29 bits per heavy atom. The van der Waals surface area contributed by atoms with Gasteiger partial charge in [-0.15, -0.1) is 0 Å². The van der Waals surface area contributed by atoms with E-state index in [1.165, 1.54) is 7.11 Å². The highest BCUT2D eigenvalue weighted by Gasteiger charge is 2.30. The first-order valence-corrected chi connectivity index (χ1v) is 8.29. The molecule has 2 rings (SSSR count). The summed E-state index contributed by atoms with van der Waals surface area (Å²) in [5, 5.41) is 13.0. The van der Waals surface area contributed by atoms with Crippen LogP contribution in [0.3, 0.4) is 0 Å². The van der Waals surface area contributed by atoms with Crippen molar-refractivity contribution in [3.8, 4) is 5.75 Å². The number of para-hydroxylation sites is 1. The van der Waals surface area contributed by atoms with Gasteiger partial charge in [-0.25, -0.2) is 0 Å². The number of carbonyl (C=O) groups excluding carboxylic acids is 1. The molecule has 0 aliphatic carbocycles. The highest BCUT2D eigenvalue weighted by Crippen LogP contribution is 2.25. The number of aliphatic hydroxyl groups excluding tert-OH is 1. The van der Waals surface area contributed by atoms with Gasteiger partial charge in [0.05, 0.1) is 13.2 Å². The van der Waals surface area contributed by atoms with Gasteiger partial charge < -0.3 is 20.9 Å². The number of aliphatic hydroxyl groups is 1. The summed E-state index contributed by atoms with van der Waals surface area (Å²) in [6.45, 7) is 1.68. The van der Waals surface area contributed by atoms with Gasteiger partial charge in [-0.1, -0.05) is 46.3 Å². The van der Waals surface area contributed by atoms with Gasteiger partial charge in [-0.05, 0) is 30.7 Å². The number of amides is 1. The summed E-state index contributed by atoms with van der Waals surface area (Å²) in [7, 11) is 1.54. The predicted molar refractivity (Wildman–Crippen MR) is 96.6 cm³/mol. The van der Waals surface area contributed by atoms with E-state index in [4.69, 9.17) is 10.5 Å². The quantitative estimate of drug-likeness (QED) is 0.704. The second-order valence-corrected chi connectivity index (χ2v) is 6.59. The topological polar surface area (TPSA) is 84.6 Å². The maximum absolute atomic E-state index is 12.5. The average Bonchev–Trinajstić information content (AvgIpc) is 2.59. The van der Waals surface area contributed by atoms with Crippen LogP contribution in [0.25, 0.3) is 0 Å². The Hall–Kier alpha value is -1.89. The van der Waals surface area contributed by atoms with E-state index < -0.39 is 11.6 Å². The number of nitrogens with two attached hydrogens (primary N) is 1. The monoisotopic (exact) mass is 392 g/mol. The molecule has 0 spiro atoms. The molecule has 0 heterocycles. The van der Waals surface area contributed by atoms with Gasteiger partial charge in [0.25, 0.3) is 0 Å². The van der Waals surface area contributed by atoms with Crippen molar-refractivity contribution in [2.24, 2.45) is 5.73 Å². The van der Waals surface area contributed by atoms with E-state index in [-0.39, 0.29) is 12.5 Å². The fourth-order valence-electron chi connectivity index (χ4n) is 2.35. The summed E-state index contributed by atoms with van der Waals surface area (Å²) in [5.41, 5.74) is 6.29. The molecular formula is C18H21BrN2O3. The Balaban J connectivity index is 2.05. The molecule has 0 aliphatic heterocycles. The van der Waals surface area contributed by atoms with Crippen molar-refractivity contribution >= 4 is 21.8 Å². The molecule has 0 aromatic heterocycles. The minimum absolute atomic E-state index is 0.0442. The molecule has 0 bridgehead atoms. The molecule has 0 aliphatic rings. The molecule has 0 radical (unpaired) electrons. The number of ether oxygens (including phenoxy) is 1. The Kier molecular flexibility index (Phi) is 5.99. The molecule has 128 valence electrons. The summed E-state index contributed by atoms with van der Waals surface area (Å²) in [4.78, 5) is 12.5. The third-order valence-corrected chi connectivity index (χ3v) is 4.40. The lowest BCUT2D eigenvalue weighted by Gasteiger charge is -2.25. The first-order valence-electron chi connectivity index (χ1n) is 7.50. The van der Waals surface area contributed by atoms with Crippen molar-refractivity contribution in [2.45, 2.75) is 18.6 Å². The molecule has 0 saturated heterocycles. The molecule has 0 saturated carbocycles. The maximum atomic E-state index is 12.5. The fraction of sp³-hybridized carbons (Fsp3) is 0.278. The lowest BCUT2D eigenvalue weighted by atomic mass is 9.92. The Morgan fingerprint density at radius 2 is 1.92 bits per heavy atom. The lowest BCUT2D eigenvalue weighted by molar-refractivity contribution is -0.126. The average molecular weight is 393 g/mol. The first kappa shape index (κ1) is 18.4. The molecule has 24 heavy (non-hydrogen) atoms. The van der Waals surface area contributed by atoms with Crippen LogP contribution in [0, 0.1) is 0 Å². The molecule has 5 nitrogen and oxygen atoms in total. The number of halogens is 1. The van der Waals surface area contributed by atoms with Crippen molar-refractivity contribution in [1.29, 1.82) is 0 Å². The number of benzene rings is 2. The molecule has 1 amide bonds. The Labute approximate surface area is 150 Å². The van der Waals surface area contributed by atoms with Crippen LogP contribution in [0.5, 0.6) is 5.75 Å². The van der Waals surface area contributed by atoms with Gasteiger partial charge in [0.1, 0.15) is 11.3 Å². The number of methoxy groups -OCH3 is 1. The van der Waals surface area contributed by atoms with Crippen LogP contribution in [0.15, 0.2) is 53.0 Å². The van der Waals surface area contributed by atoms with Crippen LogP contribution in [-0.2, 0) is 10.3 Å². The molecular weight excluding hydrogens is 372 g/mol. The van der Waals surface area contributed by atoms with E-state index in [2.05, 4.69) is 21.2 Å². The van der Waals surface area contributed by atoms with Crippen LogP contribution in [-0.4, -0.2) is 24.7 Å². The second kappa shape index (κ2) is 7.79. The molecule has 2 atom stereocenters. The Morgan fingerprint density at radius 3 is 2.54 bits per heavy atom. The normalized spacial score (nSPS) is 14.5. The molecule has 0 fully saturated rings. The van der Waals surface area contributed by atoms with Gasteiger partial charge in [0.2, 0.25) is 5.91 Å². The summed E-state index contributed by atoms with van der Waals surface area (Å²) >= 11 is 3.35. The number of rotatable bonds is 6. The molecule has 6 heteroatoms. The summed E-state index contributed by atoms with van der Waals surface area (Å²) in [5.74, 6) is 0.210. The van der Waals surface area contributed by atoms with E-state index in [0.29, 0.717) is 16.9 Å². The van der Waals surface area contributed by atoms with Gasteiger partial charge in [-0.3, -0.25) is 4.79 Å². The molecule has 4 N–H and O–H groups in total. The highest BCUT2D eigenvalue weighted by molar-refractivity contribution is 9.10. The standard InChI is InChI=1S/C18H21BrN2O3/c1-18(20,12-7-9-13(19)10-8-12)17(23)21-11-15(22)14-5-3-4-6-16(14)24-2/h3-10,15,22H,11,20H2,1-2H3,(H,21,23). The fourth-order valence-corrected chi connectivity index (χ4v) is 2.62. The zero-order valence-electron chi connectivity index (χ0n) is 13.6. The van der Waals surface area contributed by atoms with Crippen LogP contribution >= 0.6 is 15.9 Å². The third kappa shape index (κ3) is 4.14. The number of hydrogen-bond donors (Lipinski definition) is 3. The van der Waals surface area contributed by atoms with E-state index in [1.807, 2.05) is 18.2 Å². The lowest BCUT2D eigenvalue weighted by Crippen LogP contribution is -2.49. The van der Waals surface area contributed by atoms with E-state index in [1.54, 1.807) is 37.3 Å². The molecule has 2 unspecified atom stereocenters. The summed E-state index contributed by atoms with van der Waals surface area (Å²) in [6.07, 6.45) is -0.884. The van der Waals surface area contributed by atoms with Gasteiger partial charge in [0, 0.05) is 16.6 Å². The predicted octanol–water partition coefficient (Wildman–Crippen LogP) is 2.48. The van der Waals surface area contributed by atoms with Gasteiger partial charge in [-0.2, -0.15) is 0 Å². The van der Waals surface area contributed by atoms with Crippen molar-refractivity contribution in [1.82, 2.24) is 5.32 Å². The summed E-state index contributed by atoms with van der Waals surface area (Å²) < 4.78 is 6.13. The van der Waals surface area contributed by atoms with E-state index >= 15 is 0 Å². The second-order valence-electron chi connectivity index (χ2n) is 5.68. The van der Waals surface area contributed by atoms with Crippen molar-refractivity contribution in [2.75, 3.05) is 13.7 Å². The van der Waals surface area contributed by atoms with Crippen LogP contribution in [0.4, 0.5) is 0 Å². The molecule has 2 aromatic carbocycles. The van der Waals surface area contributed by atoms with Crippen molar-refractivity contribution < 1.29 is 14.6 Å². The van der Waals surface area contributed by atoms with Crippen molar-refractivity contribution in [3.05, 3.63) is 64.1 Å². The highest BCUT2D eigenvalue weighted by atomic mass is 79.9. The van der Waals surface area contributed by atoms with Gasteiger partial charge in [0.15, 0.2) is 0 Å². The SMILES string of the molecule is COc1ccccc1C(O)CNC(=O)C(C)(N)c1ccc(Br)cc1. The van der Waals surface area contributed by atoms with Crippen LogP contribution < -0.4 is 15.8 Å². The van der Waals surface area contributed by atoms with E-state index in [0.717, 1.165) is 4.47 Å². The number of nitrogens with one attached hydrogen (secondary N) is 1. The van der Waals surface area contributed by atoms with Crippen molar-refractivity contribution in [3.63, 3.8) is 0 Å². The Bertz CT molecular complexity index is 702. The van der Waals surface area contributed by atoms with Crippen LogP contribution in [0.2, 0.25) is 0 Å². The zero-order chi connectivity index (χ0) is 17.7. The zero-order valence-corrected chi connectivity index (χ0v) is 15.2. The number of hydrogen-bond acceptors (Lipinski definition) is 4. The van der Waals surface area contributed by atoms with E-state index in [9.17, 15) is 9.90 Å². The maximum Gasteiger partial charge on any atom is 0.244 e. The molecule has 2 aromatic rings. The summed E-state index contributed by atoms with van der Waals surface area (Å²) in [6, 6.07) is 14.4. The minimum Gasteiger partial charge on any atom is -0.496 e. The first-order chi connectivity index (χ1) is 11.4. The number of carbonyl (C=O) groups is 1. The smallest absolute Gasteiger partial charge is 0.244 e. The largest absolute Gasteiger partial charge is 0.496 e.